The van der Waals surface area contributed by atoms with Gasteiger partial charge in [-0.1, -0.05) is 12.1 Å². The number of rotatable bonds is 4. The van der Waals surface area contributed by atoms with Gasteiger partial charge in [0.2, 0.25) is 0 Å². The Hall–Kier alpha value is -2.49. The van der Waals surface area contributed by atoms with Crippen LogP contribution in [-0.2, 0) is 6.54 Å². The summed E-state index contributed by atoms with van der Waals surface area (Å²) in [5.41, 5.74) is 5.50. The van der Waals surface area contributed by atoms with Gasteiger partial charge in [-0.05, 0) is 35.9 Å². The second-order valence-corrected chi connectivity index (χ2v) is 4.44. The third-order valence-electron chi connectivity index (χ3n) is 3.13. The van der Waals surface area contributed by atoms with Crippen molar-refractivity contribution in [1.82, 2.24) is 9.97 Å². The molecule has 3 rings (SSSR count). The number of fused-ring (bicyclic) bond motifs is 1. The van der Waals surface area contributed by atoms with Crippen molar-refractivity contribution in [2.45, 2.75) is 6.54 Å². The van der Waals surface area contributed by atoms with Crippen molar-refractivity contribution >= 4 is 22.4 Å². The first-order valence-electron chi connectivity index (χ1n) is 6.29. The highest BCUT2D eigenvalue weighted by Crippen LogP contribution is 2.17. The van der Waals surface area contributed by atoms with Gasteiger partial charge in [-0.15, -0.1) is 0 Å². The van der Waals surface area contributed by atoms with Crippen LogP contribution in [0.1, 0.15) is 5.56 Å². The zero-order chi connectivity index (χ0) is 13.1. The molecule has 0 saturated heterocycles. The molecule has 0 radical (unpaired) electrons. The van der Waals surface area contributed by atoms with E-state index in [-0.39, 0.29) is 0 Å². The summed E-state index contributed by atoms with van der Waals surface area (Å²) in [6.07, 6.45) is 1.71. The van der Waals surface area contributed by atoms with Gasteiger partial charge < -0.3 is 15.6 Å². The van der Waals surface area contributed by atoms with E-state index in [0.29, 0.717) is 0 Å². The zero-order valence-electron chi connectivity index (χ0n) is 10.8. The van der Waals surface area contributed by atoms with E-state index in [1.165, 1.54) is 5.56 Å². The van der Waals surface area contributed by atoms with E-state index in [9.17, 15) is 0 Å². The topological polar surface area (TPSA) is 52.7 Å². The predicted molar refractivity (Wildman–Crippen MR) is 79.4 cm³/mol. The highest BCUT2D eigenvalue weighted by Gasteiger charge is 1.99. The van der Waals surface area contributed by atoms with Gasteiger partial charge in [-0.2, -0.15) is 0 Å². The average molecular weight is 252 g/mol. The number of imidazole rings is 1. The predicted octanol–water partition coefficient (Wildman–Crippen LogP) is 3.22. The molecule has 0 aliphatic rings. The van der Waals surface area contributed by atoms with Gasteiger partial charge in [-0.25, -0.2) is 4.98 Å². The molecule has 0 atom stereocenters. The van der Waals surface area contributed by atoms with Crippen LogP contribution in [0.4, 0.5) is 11.4 Å². The summed E-state index contributed by atoms with van der Waals surface area (Å²) in [5, 5.41) is 6.56. The smallest absolute Gasteiger partial charge is 0.0931 e. The molecule has 0 spiro atoms. The monoisotopic (exact) mass is 252 g/mol. The van der Waals surface area contributed by atoms with Crippen molar-refractivity contribution in [3.8, 4) is 0 Å². The van der Waals surface area contributed by atoms with Crippen LogP contribution >= 0.6 is 0 Å². The third kappa shape index (κ3) is 2.52. The Morgan fingerprint density at radius 1 is 1.11 bits per heavy atom. The number of aromatic nitrogens is 2. The Kier molecular flexibility index (Phi) is 3.06. The van der Waals surface area contributed by atoms with Gasteiger partial charge >= 0.3 is 0 Å². The van der Waals surface area contributed by atoms with Crippen LogP contribution in [0.25, 0.3) is 11.0 Å². The van der Waals surface area contributed by atoms with Crippen LogP contribution in [0.2, 0.25) is 0 Å². The molecule has 1 heterocycles. The fraction of sp³-hybridized carbons (Fsp3) is 0.133. The van der Waals surface area contributed by atoms with Crippen LogP contribution in [0, 0.1) is 0 Å². The van der Waals surface area contributed by atoms with Crippen molar-refractivity contribution in [2.75, 3.05) is 17.7 Å². The quantitative estimate of drug-likeness (QED) is 0.668. The van der Waals surface area contributed by atoms with Gasteiger partial charge in [0, 0.05) is 25.0 Å². The lowest BCUT2D eigenvalue weighted by atomic mass is 10.2. The standard InChI is InChI=1S/C15H16N4/c1-16-12-4-2-3-11(7-12)9-17-13-5-6-14-15(8-13)19-10-18-14/h2-8,10,16-17H,9H2,1H3,(H,18,19). The number of nitrogens with one attached hydrogen (secondary N) is 3. The SMILES string of the molecule is CNc1cccc(CNc2ccc3nc[nH]c3c2)c1. The molecule has 0 aliphatic carbocycles. The molecule has 96 valence electrons. The lowest BCUT2D eigenvalue weighted by Crippen LogP contribution is -2.00. The Bertz CT molecular complexity index is 687. The molecule has 0 unspecified atom stereocenters. The molecule has 1 aromatic heterocycles. The summed E-state index contributed by atoms with van der Waals surface area (Å²) in [4.78, 5) is 7.32. The van der Waals surface area contributed by atoms with Crippen LogP contribution in [0.3, 0.4) is 0 Å². The summed E-state index contributed by atoms with van der Waals surface area (Å²) in [7, 11) is 1.93. The van der Waals surface area contributed by atoms with E-state index in [1.807, 2.05) is 19.2 Å². The number of H-pyrrole nitrogens is 1. The molecule has 2 aromatic carbocycles. The van der Waals surface area contributed by atoms with Gasteiger partial charge in [0.1, 0.15) is 0 Å². The second-order valence-electron chi connectivity index (χ2n) is 4.44. The molecular weight excluding hydrogens is 236 g/mol. The summed E-state index contributed by atoms with van der Waals surface area (Å²) >= 11 is 0. The molecule has 3 aromatic rings. The Morgan fingerprint density at radius 2 is 2.05 bits per heavy atom. The summed E-state index contributed by atoms with van der Waals surface area (Å²) < 4.78 is 0. The molecular formula is C15H16N4. The fourth-order valence-corrected chi connectivity index (χ4v) is 2.09. The van der Waals surface area contributed by atoms with Crippen LogP contribution in [0.5, 0.6) is 0 Å². The first-order chi connectivity index (χ1) is 9.35. The van der Waals surface area contributed by atoms with Crippen molar-refractivity contribution in [2.24, 2.45) is 0 Å². The van der Waals surface area contributed by atoms with Gasteiger partial charge in [0.05, 0.1) is 17.4 Å². The number of benzene rings is 2. The van der Waals surface area contributed by atoms with Gasteiger partial charge in [0.15, 0.2) is 0 Å². The fourth-order valence-electron chi connectivity index (χ4n) is 2.09. The van der Waals surface area contributed by atoms with E-state index >= 15 is 0 Å². The van der Waals surface area contributed by atoms with Crippen molar-refractivity contribution in [3.63, 3.8) is 0 Å². The molecule has 0 saturated carbocycles. The minimum Gasteiger partial charge on any atom is -0.388 e. The molecule has 19 heavy (non-hydrogen) atoms. The van der Waals surface area contributed by atoms with Crippen molar-refractivity contribution in [3.05, 3.63) is 54.4 Å². The lowest BCUT2D eigenvalue weighted by Gasteiger charge is -2.08. The first kappa shape index (κ1) is 11.6. The Balaban J connectivity index is 1.74. The van der Waals surface area contributed by atoms with Crippen LogP contribution < -0.4 is 10.6 Å². The molecule has 4 heteroatoms. The van der Waals surface area contributed by atoms with Crippen molar-refractivity contribution < 1.29 is 0 Å². The molecule has 3 N–H and O–H groups in total. The number of anilines is 2. The number of nitrogens with zero attached hydrogens (tertiary/aromatic N) is 1. The maximum absolute atomic E-state index is 4.21. The number of hydrogen-bond acceptors (Lipinski definition) is 3. The molecule has 0 bridgehead atoms. The normalized spacial score (nSPS) is 10.6. The van der Waals surface area contributed by atoms with Crippen LogP contribution in [0.15, 0.2) is 48.8 Å². The lowest BCUT2D eigenvalue weighted by molar-refractivity contribution is 1.15. The Morgan fingerprint density at radius 3 is 2.95 bits per heavy atom. The maximum atomic E-state index is 4.21. The summed E-state index contributed by atoms with van der Waals surface area (Å²) in [6, 6.07) is 14.5. The van der Waals surface area contributed by atoms with E-state index in [1.54, 1.807) is 6.33 Å². The minimum atomic E-state index is 0.801. The largest absolute Gasteiger partial charge is 0.388 e. The van der Waals surface area contributed by atoms with E-state index in [4.69, 9.17) is 0 Å². The second kappa shape index (κ2) is 5.02. The van der Waals surface area contributed by atoms with E-state index < -0.39 is 0 Å². The molecule has 0 amide bonds. The summed E-state index contributed by atoms with van der Waals surface area (Å²) in [6.45, 7) is 0.801. The number of hydrogen-bond donors (Lipinski definition) is 3. The molecule has 0 fully saturated rings. The Labute approximate surface area is 111 Å². The van der Waals surface area contributed by atoms with Gasteiger partial charge in [-0.3, -0.25) is 0 Å². The molecule has 4 nitrogen and oxygen atoms in total. The first-order valence-corrected chi connectivity index (χ1v) is 6.29. The van der Waals surface area contributed by atoms with Gasteiger partial charge in [0.25, 0.3) is 0 Å². The highest BCUT2D eigenvalue weighted by atomic mass is 14.9. The summed E-state index contributed by atoms with van der Waals surface area (Å²) in [5.74, 6) is 0. The van der Waals surface area contributed by atoms with E-state index in [0.717, 1.165) is 29.0 Å². The zero-order valence-corrected chi connectivity index (χ0v) is 10.8. The van der Waals surface area contributed by atoms with Crippen LogP contribution in [-0.4, -0.2) is 17.0 Å². The minimum absolute atomic E-state index is 0.801. The van der Waals surface area contributed by atoms with E-state index in [2.05, 4.69) is 50.9 Å². The third-order valence-corrected chi connectivity index (χ3v) is 3.13. The van der Waals surface area contributed by atoms with Crippen molar-refractivity contribution in [1.29, 1.82) is 0 Å². The number of aromatic amines is 1. The maximum Gasteiger partial charge on any atom is 0.0931 e. The average Bonchev–Trinajstić information content (AvgIpc) is 2.93. The molecule has 0 aliphatic heterocycles. The highest BCUT2D eigenvalue weighted by molar-refractivity contribution is 5.78.